The number of carbonyl (C=O) groups is 1. The second kappa shape index (κ2) is 7.28. The SMILES string of the molecule is CC(=O)OCSCCCS. The first-order valence-electron chi connectivity index (χ1n) is 3.09. The van der Waals surface area contributed by atoms with Gasteiger partial charge in [0.15, 0.2) is 0 Å². The summed E-state index contributed by atoms with van der Waals surface area (Å²) in [4.78, 5) is 10.2. The van der Waals surface area contributed by atoms with Crippen LogP contribution >= 0.6 is 24.4 Å². The Labute approximate surface area is 71.1 Å². The van der Waals surface area contributed by atoms with Crippen LogP contribution < -0.4 is 0 Å². The van der Waals surface area contributed by atoms with Crippen molar-refractivity contribution in [2.45, 2.75) is 13.3 Å². The van der Waals surface area contributed by atoms with Gasteiger partial charge in [0.1, 0.15) is 5.94 Å². The Bertz CT molecular complexity index is 95.7. The minimum atomic E-state index is -0.210. The van der Waals surface area contributed by atoms with Gasteiger partial charge in [0.25, 0.3) is 0 Å². The topological polar surface area (TPSA) is 26.3 Å². The van der Waals surface area contributed by atoms with E-state index in [4.69, 9.17) is 0 Å². The van der Waals surface area contributed by atoms with Gasteiger partial charge in [-0.05, 0) is 17.9 Å². The van der Waals surface area contributed by atoms with Crippen LogP contribution in [0.4, 0.5) is 0 Å². The molecule has 0 rings (SSSR count). The van der Waals surface area contributed by atoms with E-state index >= 15 is 0 Å². The minimum absolute atomic E-state index is 0.210. The highest BCUT2D eigenvalue weighted by molar-refractivity contribution is 7.99. The van der Waals surface area contributed by atoms with Gasteiger partial charge in [-0.15, -0.1) is 11.8 Å². The monoisotopic (exact) mass is 180 g/mol. The van der Waals surface area contributed by atoms with Crippen LogP contribution in [-0.4, -0.2) is 23.4 Å². The van der Waals surface area contributed by atoms with Crippen molar-refractivity contribution >= 4 is 30.4 Å². The van der Waals surface area contributed by atoms with Crippen molar-refractivity contribution in [1.82, 2.24) is 0 Å². The molecule has 0 saturated carbocycles. The van der Waals surface area contributed by atoms with Gasteiger partial charge in [-0.3, -0.25) is 4.79 Å². The lowest BCUT2D eigenvalue weighted by molar-refractivity contribution is -0.138. The van der Waals surface area contributed by atoms with E-state index in [9.17, 15) is 4.79 Å². The Morgan fingerprint density at radius 3 is 2.90 bits per heavy atom. The van der Waals surface area contributed by atoms with Crippen LogP contribution in [0.5, 0.6) is 0 Å². The van der Waals surface area contributed by atoms with Crippen LogP contribution in [0.25, 0.3) is 0 Å². The maximum Gasteiger partial charge on any atom is 0.303 e. The van der Waals surface area contributed by atoms with Gasteiger partial charge in [-0.2, -0.15) is 12.6 Å². The number of thioether (sulfide) groups is 1. The summed E-state index contributed by atoms with van der Waals surface area (Å²) in [5.41, 5.74) is 0. The van der Waals surface area contributed by atoms with Crippen LogP contribution in [0.1, 0.15) is 13.3 Å². The lowest BCUT2D eigenvalue weighted by atomic mass is 10.6. The molecule has 0 unspecified atom stereocenters. The zero-order chi connectivity index (χ0) is 7.82. The Morgan fingerprint density at radius 1 is 1.70 bits per heavy atom. The molecule has 0 aromatic heterocycles. The highest BCUT2D eigenvalue weighted by atomic mass is 32.2. The highest BCUT2D eigenvalue weighted by Gasteiger charge is 1.91. The molecule has 0 heterocycles. The van der Waals surface area contributed by atoms with E-state index in [-0.39, 0.29) is 5.97 Å². The number of carbonyl (C=O) groups excluding carboxylic acids is 1. The van der Waals surface area contributed by atoms with E-state index in [0.717, 1.165) is 17.9 Å². The van der Waals surface area contributed by atoms with Crippen molar-refractivity contribution in [2.24, 2.45) is 0 Å². The van der Waals surface area contributed by atoms with Crippen LogP contribution in [0.15, 0.2) is 0 Å². The third kappa shape index (κ3) is 8.17. The number of ether oxygens (including phenoxy) is 1. The molecule has 60 valence electrons. The molecule has 0 aromatic rings. The second-order valence-corrected chi connectivity index (χ2v) is 3.24. The zero-order valence-electron chi connectivity index (χ0n) is 6.00. The summed E-state index contributed by atoms with van der Waals surface area (Å²) < 4.78 is 4.69. The van der Waals surface area contributed by atoms with Gasteiger partial charge in [0.2, 0.25) is 0 Å². The summed E-state index contributed by atoms with van der Waals surface area (Å²) in [5, 5.41) is 0. The number of hydrogen-bond donors (Lipinski definition) is 1. The summed E-state index contributed by atoms with van der Waals surface area (Å²) in [6.45, 7) is 1.42. The smallest absolute Gasteiger partial charge is 0.303 e. The lowest BCUT2D eigenvalue weighted by Crippen LogP contribution is -1.97. The molecule has 0 aliphatic heterocycles. The summed E-state index contributed by atoms with van der Waals surface area (Å²) in [7, 11) is 0. The predicted octanol–water partition coefficient (Wildman–Crippen LogP) is 1.56. The summed E-state index contributed by atoms with van der Waals surface area (Å²) in [6.07, 6.45) is 1.06. The zero-order valence-corrected chi connectivity index (χ0v) is 7.71. The number of thiol groups is 1. The Morgan fingerprint density at radius 2 is 2.40 bits per heavy atom. The molecule has 0 fully saturated rings. The van der Waals surface area contributed by atoms with E-state index in [1.807, 2.05) is 0 Å². The van der Waals surface area contributed by atoms with Crippen molar-refractivity contribution in [1.29, 1.82) is 0 Å². The first-order chi connectivity index (χ1) is 4.77. The third-order valence-electron chi connectivity index (χ3n) is 0.792. The largest absolute Gasteiger partial charge is 0.455 e. The van der Waals surface area contributed by atoms with E-state index in [0.29, 0.717) is 5.94 Å². The summed E-state index contributed by atoms with van der Waals surface area (Å²) >= 11 is 5.66. The van der Waals surface area contributed by atoms with Crippen LogP contribution in [-0.2, 0) is 9.53 Å². The molecule has 0 spiro atoms. The van der Waals surface area contributed by atoms with Crippen molar-refractivity contribution in [3.63, 3.8) is 0 Å². The molecular formula is C6H12O2S2. The molecule has 0 aromatic carbocycles. The fourth-order valence-electron chi connectivity index (χ4n) is 0.350. The van der Waals surface area contributed by atoms with Crippen LogP contribution in [0.2, 0.25) is 0 Å². The maximum atomic E-state index is 10.2. The molecule has 0 atom stereocenters. The van der Waals surface area contributed by atoms with Crippen molar-refractivity contribution in [2.75, 3.05) is 17.4 Å². The molecule has 0 aliphatic carbocycles. The van der Waals surface area contributed by atoms with E-state index in [2.05, 4.69) is 17.4 Å². The van der Waals surface area contributed by atoms with E-state index in [1.54, 1.807) is 11.8 Å². The average Bonchev–Trinajstić information content (AvgIpc) is 1.87. The first kappa shape index (κ1) is 10.2. The number of hydrogen-bond acceptors (Lipinski definition) is 4. The minimum Gasteiger partial charge on any atom is -0.455 e. The molecule has 0 amide bonds. The van der Waals surface area contributed by atoms with Crippen molar-refractivity contribution in [3.8, 4) is 0 Å². The van der Waals surface area contributed by atoms with E-state index < -0.39 is 0 Å². The molecule has 0 saturated heterocycles. The fraction of sp³-hybridized carbons (Fsp3) is 0.833. The van der Waals surface area contributed by atoms with Gasteiger partial charge >= 0.3 is 5.97 Å². The molecule has 0 N–H and O–H groups in total. The third-order valence-corrected chi connectivity index (χ3v) is 1.97. The van der Waals surface area contributed by atoms with Gasteiger partial charge in [0, 0.05) is 6.92 Å². The fourth-order valence-corrected chi connectivity index (χ4v) is 1.44. The molecule has 0 aliphatic rings. The van der Waals surface area contributed by atoms with Crippen LogP contribution in [0.3, 0.4) is 0 Å². The highest BCUT2D eigenvalue weighted by Crippen LogP contribution is 2.02. The van der Waals surface area contributed by atoms with Gasteiger partial charge < -0.3 is 4.74 Å². The summed E-state index contributed by atoms with van der Waals surface area (Å²) in [6, 6.07) is 0. The Kier molecular flexibility index (Phi) is 7.40. The van der Waals surface area contributed by atoms with Gasteiger partial charge in [-0.1, -0.05) is 0 Å². The average molecular weight is 180 g/mol. The molecule has 2 nitrogen and oxygen atoms in total. The standard InChI is InChI=1S/C6H12O2S2/c1-6(7)8-5-10-4-2-3-9/h9H,2-5H2,1H3. The number of rotatable bonds is 5. The Balaban J connectivity index is 2.84. The molecule has 4 heteroatoms. The van der Waals surface area contributed by atoms with Crippen molar-refractivity contribution < 1.29 is 9.53 Å². The second-order valence-electron chi connectivity index (χ2n) is 1.74. The lowest BCUT2D eigenvalue weighted by Gasteiger charge is -1.99. The van der Waals surface area contributed by atoms with Gasteiger partial charge in [-0.25, -0.2) is 0 Å². The molecule has 10 heavy (non-hydrogen) atoms. The quantitative estimate of drug-likeness (QED) is 0.301. The van der Waals surface area contributed by atoms with Gasteiger partial charge in [0.05, 0.1) is 0 Å². The van der Waals surface area contributed by atoms with Crippen molar-refractivity contribution in [3.05, 3.63) is 0 Å². The normalized spacial score (nSPS) is 9.40. The first-order valence-corrected chi connectivity index (χ1v) is 4.88. The number of esters is 1. The van der Waals surface area contributed by atoms with E-state index in [1.165, 1.54) is 6.92 Å². The maximum absolute atomic E-state index is 10.2. The molecule has 0 bridgehead atoms. The Hall–Kier alpha value is 0.170. The molecular weight excluding hydrogens is 168 g/mol. The van der Waals surface area contributed by atoms with Crippen LogP contribution in [0, 0.1) is 0 Å². The molecule has 0 radical (unpaired) electrons. The summed E-state index contributed by atoms with van der Waals surface area (Å²) in [5.74, 6) is 2.17. The predicted molar refractivity (Wildman–Crippen MR) is 47.6 cm³/mol.